The Bertz CT molecular complexity index is 556. The predicted molar refractivity (Wildman–Crippen MR) is 69.0 cm³/mol. The van der Waals surface area contributed by atoms with Crippen LogP contribution in [0.15, 0.2) is 6.20 Å². The standard InChI is InChI=1S/C12H15N5O3/c1-3-8(4-2)13-12(20)16-5-9(6-16)17-7-10(11(18)19)14-15-17/h1,7-9H,4-6H2,2H3,(H,13,20)(H,18,19). The van der Waals surface area contributed by atoms with Crippen molar-refractivity contribution in [3.8, 4) is 12.3 Å². The summed E-state index contributed by atoms with van der Waals surface area (Å²) in [6.07, 6.45) is 7.31. The van der Waals surface area contributed by atoms with Crippen LogP contribution in [-0.4, -0.2) is 56.1 Å². The molecule has 1 aliphatic rings. The van der Waals surface area contributed by atoms with Crippen LogP contribution in [-0.2, 0) is 0 Å². The van der Waals surface area contributed by atoms with Gasteiger partial charge in [0.25, 0.3) is 0 Å². The van der Waals surface area contributed by atoms with Crippen molar-refractivity contribution in [2.24, 2.45) is 0 Å². The van der Waals surface area contributed by atoms with Crippen LogP contribution in [0.25, 0.3) is 0 Å². The number of hydrogen-bond acceptors (Lipinski definition) is 4. The van der Waals surface area contributed by atoms with Crippen LogP contribution >= 0.6 is 0 Å². The van der Waals surface area contributed by atoms with Gasteiger partial charge >= 0.3 is 12.0 Å². The zero-order chi connectivity index (χ0) is 14.7. The van der Waals surface area contributed by atoms with Crippen molar-refractivity contribution in [1.29, 1.82) is 0 Å². The molecule has 1 unspecified atom stereocenters. The van der Waals surface area contributed by atoms with Gasteiger partial charge in [0.1, 0.15) is 0 Å². The molecule has 1 aromatic heterocycles. The number of rotatable bonds is 4. The molecule has 1 fully saturated rings. The summed E-state index contributed by atoms with van der Waals surface area (Å²) < 4.78 is 1.46. The van der Waals surface area contributed by atoms with E-state index in [1.54, 1.807) is 4.90 Å². The van der Waals surface area contributed by atoms with Gasteiger partial charge in [-0.15, -0.1) is 11.5 Å². The Kier molecular flexibility index (Phi) is 3.89. The van der Waals surface area contributed by atoms with Gasteiger partial charge in [-0.1, -0.05) is 18.1 Å². The Morgan fingerprint density at radius 2 is 2.35 bits per heavy atom. The lowest BCUT2D eigenvalue weighted by Crippen LogP contribution is -2.55. The average Bonchev–Trinajstić information content (AvgIpc) is 2.83. The number of hydrogen-bond donors (Lipinski definition) is 2. The van der Waals surface area contributed by atoms with Crippen molar-refractivity contribution in [3.63, 3.8) is 0 Å². The maximum absolute atomic E-state index is 11.8. The fourth-order valence-corrected chi connectivity index (χ4v) is 1.84. The van der Waals surface area contributed by atoms with E-state index in [1.165, 1.54) is 10.9 Å². The fraction of sp³-hybridized carbons (Fsp3) is 0.500. The quantitative estimate of drug-likeness (QED) is 0.752. The maximum Gasteiger partial charge on any atom is 0.358 e. The third-order valence-electron chi connectivity index (χ3n) is 3.16. The summed E-state index contributed by atoms with van der Waals surface area (Å²) in [5.74, 6) is 1.37. The molecule has 1 aliphatic heterocycles. The first-order valence-electron chi connectivity index (χ1n) is 6.21. The molecule has 2 N–H and O–H groups in total. The van der Waals surface area contributed by atoms with Crippen LogP contribution < -0.4 is 5.32 Å². The van der Waals surface area contributed by atoms with Gasteiger partial charge in [0, 0.05) is 13.1 Å². The first-order chi connectivity index (χ1) is 9.55. The molecule has 2 amide bonds. The Balaban J connectivity index is 1.86. The van der Waals surface area contributed by atoms with Crippen molar-refractivity contribution in [1.82, 2.24) is 25.2 Å². The van der Waals surface area contributed by atoms with E-state index in [0.29, 0.717) is 19.5 Å². The molecule has 0 bridgehead atoms. The number of aromatic carboxylic acids is 1. The number of carbonyl (C=O) groups is 2. The fourth-order valence-electron chi connectivity index (χ4n) is 1.84. The Labute approximate surface area is 115 Å². The molecule has 8 nitrogen and oxygen atoms in total. The minimum atomic E-state index is -1.12. The van der Waals surface area contributed by atoms with E-state index in [4.69, 9.17) is 11.5 Å². The van der Waals surface area contributed by atoms with Crippen LogP contribution in [0.2, 0.25) is 0 Å². The van der Waals surface area contributed by atoms with Crippen molar-refractivity contribution >= 4 is 12.0 Å². The highest BCUT2D eigenvalue weighted by Crippen LogP contribution is 2.20. The van der Waals surface area contributed by atoms with Gasteiger partial charge < -0.3 is 15.3 Å². The summed E-state index contributed by atoms with van der Waals surface area (Å²) in [5, 5.41) is 18.8. The van der Waals surface area contributed by atoms with Gasteiger partial charge in [-0.2, -0.15) is 0 Å². The molecule has 2 rings (SSSR count). The minimum Gasteiger partial charge on any atom is -0.476 e. The molecule has 0 aromatic carbocycles. The molecular formula is C12H15N5O3. The number of likely N-dealkylation sites (tertiary alicyclic amines) is 1. The first-order valence-corrected chi connectivity index (χ1v) is 6.21. The van der Waals surface area contributed by atoms with Crippen molar-refractivity contribution < 1.29 is 14.7 Å². The van der Waals surface area contributed by atoms with Gasteiger partial charge in [0.05, 0.1) is 18.3 Å². The molecule has 0 aliphatic carbocycles. The van der Waals surface area contributed by atoms with E-state index >= 15 is 0 Å². The predicted octanol–water partition coefficient (Wildman–Crippen LogP) is -0.0456. The number of nitrogens with one attached hydrogen (secondary N) is 1. The summed E-state index contributed by atoms with van der Waals surface area (Å²) >= 11 is 0. The van der Waals surface area contributed by atoms with Crippen LogP contribution in [0.4, 0.5) is 4.79 Å². The molecule has 0 saturated carbocycles. The number of nitrogens with zero attached hydrogens (tertiary/aromatic N) is 4. The lowest BCUT2D eigenvalue weighted by molar-refractivity contribution is 0.0690. The smallest absolute Gasteiger partial charge is 0.358 e. The normalized spacial score (nSPS) is 16.1. The van der Waals surface area contributed by atoms with E-state index in [1.807, 2.05) is 6.92 Å². The van der Waals surface area contributed by atoms with E-state index < -0.39 is 5.97 Å². The second-order valence-corrected chi connectivity index (χ2v) is 4.52. The molecule has 0 radical (unpaired) electrons. The van der Waals surface area contributed by atoms with E-state index in [-0.39, 0.29) is 23.8 Å². The minimum absolute atomic E-state index is 0.0488. The van der Waals surface area contributed by atoms with Gasteiger partial charge in [0.15, 0.2) is 5.69 Å². The number of carboxylic acids is 1. The van der Waals surface area contributed by atoms with Gasteiger partial charge in [-0.25, -0.2) is 14.3 Å². The van der Waals surface area contributed by atoms with Crippen molar-refractivity contribution in [2.75, 3.05) is 13.1 Å². The van der Waals surface area contributed by atoms with Crippen LogP contribution in [0.3, 0.4) is 0 Å². The zero-order valence-corrected chi connectivity index (χ0v) is 11.0. The molecule has 106 valence electrons. The number of terminal acetylenes is 1. The molecule has 1 aromatic rings. The Hall–Kier alpha value is -2.56. The van der Waals surface area contributed by atoms with Gasteiger partial charge in [-0.3, -0.25) is 0 Å². The highest BCUT2D eigenvalue weighted by Gasteiger charge is 2.33. The Morgan fingerprint density at radius 1 is 1.65 bits per heavy atom. The average molecular weight is 277 g/mol. The molecule has 1 atom stereocenters. The molecular weight excluding hydrogens is 262 g/mol. The van der Waals surface area contributed by atoms with Gasteiger partial charge in [-0.05, 0) is 6.42 Å². The van der Waals surface area contributed by atoms with E-state index in [0.717, 1.165) is 0 Å². The molecule has 20 heavy (non-hydrogen) atoms. The summed E-state index contributed by atoms with van der Waals surface area (Å²) in [4.78, 5) is 24.1. The monoisotopic (exact) mass is 277 g/mol. The number of carbonyl (C=O) groups excluding carboxylic acids is 1. The lowest BCUT2D eigenvalue weighted by Gasteiger charge is -2.39. The summed E-state index contributed by atoms with van der Waals surface area (Å²) in [6, 6.07) is -0.539. The lowest BCUT2D eigenvalue weighted by atomic mass is 10.1. The zero-order valence-electron chi connectivity index (χ0n) is 11.0. The van der Waals surface area contributed by atoms with E-state index in [9.17, 15) is 9.59 Å². The third-order valence-corrected chi connectivity index (χ3v) is 3.16. The highest BCUT2D eigenvalue weighted by molar-refractivity contribution is 5.84. The number of carboxylic acid groups (broad SMARTS) is 1. The third kappa shape index (κ3) is 2.71. The summed E-state index contributed by atoms with van der Waals surface area (Å²) in [6.45, 7) is 2.80. The second-order valence-electron chi connectivity index (χ2n) is 4.52. The topological polar surface area (TPSA) is 100 Å². The molecule has 0 spiro atoms. The maximum atomic E-state index is 11.8. The Morgan fingerprint density at radius 3 is 2.85 bits per heavy atom. The first kappa shape index (κ1) is 13.9. The highest BCUT2D eigenvalue weighted by atomic mass is 16.4. The van der Waals surface area contributed by atoms with Crippen LogP contribution in [0.5, 0.6) is 0 Å². The molecule has 8 heteroatoms. The molecule has 2 heterocycles. The van der Waals surface area contributed by atoms with Crippen molar-refractivity contribution in [3.05, 3.63) is 11.9 Å². The number of aromatic nitrogens is 3. The number of urea groups is 1. The largest absolute Gasteiger partial charge is 0.476 e. The van der Waals surface area contributed by atoms with Crippen molar-refractivity contribution in [2.45, 2.75) is 25.4 Å². The summed E-state index contributed by atoms with van der Waals surface area (Å²) in [7, 11) is 0. The van der Waals surface area contributed by atoms with Gasteiger partial charge in [0.2, 0.25) is 0 Å². The second kappa shape index (κ2) is 5.61. The SMILES string of the molecule is C#CC(CC)NC(=O)N1CC(n2cc(C(=O)O)nn2)C1. The number of amides is 2. The summed E-state index contributed by atoms with van der Waals surface area (Å²) in [5.41, 5.74) is -0.105. The van der Waals surface area contributed by atoms with Crippen LogP contribution in [0, 0.1) is 12.3 Å². The molecule has 1 saturated heterocycles. The van der Waals surface area contributed by atoms with Crippen LogP contribution in [0.1, 0.15) is 29.9 Å². The van der Waals surface area contributed by atoms with E-state index in [2.05, 4.69) is 21.5 Å².